The van der Waals surface area contributed by atoms with Gasteiger partial charge in [-0.05, 0) is 51.3 Å². The van der Waals surface area contributed by atoms with E-state index in [0.717, 1.165) is 22.4 Å². The van der Waals surface area contributed by atoms with E-state index in [1.807, 2.05) is 39.0 Å². The number of fused-ring (bicyclic) bond motifs is 1. The summed E-state index contributed by atoms with van der Waals surface area (Å²) in [5, 5.41) is 2.98. The van der Waals surface area contributed by atoms with Crippen LogP contribution in [0.2, 0.25) is 0 Å². The highest BCUT2D eigenvalue weighted by molar-refractivity contribution is 7.89. The van der Waals surface area contributed by atoms with Crippen molar-refractivity contribution in [1.82, 2.24) is 29.1 Å². The summed E-state index contributed by atoms with van der Waals surface area (Å²) in [6.07, 6.45) is 4.98. The minimum absolute atomic E-state index is 0.0346. The molecule has 0 spiro atoms. The number of nitrogens with zero attached hydrogens (tertiary/aromatic N) is 4. The van der Waals surface area contributed by atoms with E-state index < -0.39 is 10.0 Å². The number of rotatable bonds is 7. The summed E-state index contributed by atoms with van der Waals surface area (Å²) in [6.45, 7) is 6.98. The van der Waals surface area contributed by atoms with Crippen LogP contribution in [0.15, 0.2) is 35.7 Å². The average Bonchev–Trinajstić information content (AvgIpc) is 3.41. The number of carbonyl (C=O) groups is 1. The summed E-state index contributed by atoms with van der Waals surface area (Å²) in [5.74, 6) is 0.327. The van der Waals surface area contributed by atoms with Gasteiger partial charge in [0.1, 0.15) is 5.82 Å². The predicted molar refractivity (Wildman–Crippen MR) is 122 cm³/mol. The van der Waals surface area contributed by atoms with Gasteiger partial charge in [0.2, 0.25) is 5.91 Å². The molecule has 2 aromatic heterocycles. The Morgan fingerprint density at radius 2 is 2.16 bits per heavy atom. The average molecular weight is 459 g/mol. The van der Waals surface area contributed by atoms with Crippen LogP contribution in [0, 0.1) is 12.8 Å². The molecular formula is C22H30N6O3S. The molecule has 1 unspecified atom stereocenters. The number of H-pyrrole nitrogens is 1. The van der Waals surface area contributed by atoms with Crippen LogP contribution in [0.4, 0.5) is 0 Å². The molecule has 1 aromatic carbocycles. The zero-order chi connectivity index (χ0) is 22.9. The van der Waals surface area contributed by atoms with E-state index in [-0.39, 0.29) is 29.4 Å². The van der Waals surface area contributed by atoms with Crippen LogP contribution in [0.1, 0.15) is 44.1 Å². The highest BCUT2D eigenvalue weighted by Crippen LogP contribution is 2.23. The SMILES string of the molecule is Cc1ccc2nc(CCNC(=O)C3CCCN(S(=O)(=O)c4cn(C(C)C)cn4)C3)[nH]c2c1. The van der Waals surface area contributed by atoms with Crippen molar-refractivity contribution in [3.63, 3.8) is 0 Å². The maximum Gasteiger partial charge on any atom is 0.262 e. The quantitative estimate of drug-likeness (QED) is 0.565. The van der Waals surface area contributed by atoms with Gasteiger partial charge in [0, 0.05) is 38.3 Å². The van der Waals surface area contributed by atoms with E-state index >= 15 is 0 Å². The maximum absolute atomic E-state index is 13.0. The van der Waals surface area contributed by atoms with Gasteiger partial charge in [-0.1, -0.05) is 6.07 Å². The summed E-state index contributed by atoms with van der Waals surface area (Å²) in [5.41, 5.74) is 3.05. The molecule has 9 nitrogen and oxygen atoms in total. The van der Waals surface area contributed by atoms with Gasteiger partial charge in [-0.3, -0.25) is 4.79 Å². The first-order valence-electron chi connectivity index (χ1n) is 11.0. The van der Waals surface area contributed by atoms with Crippen LogP contribution in [0.25, 0.3) is 11.0 Å². The topological polar surface area (TPSA) is 113 Å². The lowest BCUT2D eigenvalue weighted by molar-refractivity contribution is -0.126. The number of sulfonamides is 1. The van der Waals surface area contributed by atoms with Crippen molar-refractivity contribution in [2.75, 3.05) is 19.6 Å². The molecule has 2 N–H and O–H groups in total. The fourth-order valence-electron chi connectivity index (χ4n) is 3.98. The lowest BCUT2D eigenvalue weighted by Gasteiger charge is -2.30. The minimum atomic E-state index is -3.72. The summed E-state index contributed by atoms with van der Waals surface area (Å²) in [7, 11) is -3.72. The van der Waals surface area contributed by atoms with Crippen molar-refractivity contribution in [1.29, 1.82) is 0 Å². The van der Waals surface area contributed by atoms with E-state index in [9.17, 15) is 13.2 Å². The Kier molecular flexibility index (Phi) is 6.34. The third-order valence-electron chi connectivity index (χ3n) is 5.88. The summed E-state index contributed by atoms with van der Waals surface area (Å²) in [4.78, 5) is 24.6. The highest BCUT2D eigenvalue weighted by Gasteiger charge is 2.34. The number of aryl methyl sites for hydroxylation is 1. The third kappa shape index (κ3) is 4.71. The van der Waals surface area contributed by atoms with Crippen molar-refractivity contribution >= 4 is 27.0 Å². The number of aromatic amines is 1. The van der Waals surface area contributed by atoms with Crippen LogP contribution < -0.4 is 5.32 Å². The molecule has 1 amide bonds. The van der Waals surface area contributed by atoms with Crippen LogP contribution in [0.3, 0.4) is 0 Å². The number of amides is 1. The summed E-state index contributed by atoms with van der Waals surface area (Å²) in [6, 6.07) is 6.17. The van der Waals surface area contributed by atoms with Crippen molar-refractivity contribution in [2.24, 2.45) is 5.92 Å². The first-order valence-corrected chi connectivity index (χ1v) is 12.4. The second kappa shape index (κ2) is 9.03. The highest BCUT2D eigenvalue weighted by atomic mass is 32.2. The van der Waals surface area contributed by atoms with Gasteiger partial charge in [0.15, 0.2) is 5.03 Å². The first kappa shape index (κ1) is 22.5. The standard InChI is InChI=1S/C22H30N6O3S/c1-15(2)27-13-21(24-14-27)32(30,31)28-10-4-5-17(12-28)22(29)23-9-8-20-25-18-7-6-16(3)11-19(18)26-20/h6-7,11,13-15,17H,4-5,8-10,12H2,1-3H3,(H,23,29)(H,25,26). The minimum Gasteiger partial charge on any atom is -0.355 e. The molecule has 1 aliphatic heterocycles. The monoisotopic (exact) mass is 458 g/mol. The zero-order valence-corrected chi connectivity index (χ0v) is 19.5. The van der Waals surface area contributed by atoms with Gasteiger partial charge in [0.25, 0.3) is 10.0 Å². The number of hydrogen-bond acceptors (Lipinski definition) is 5. The molecule has 3 heterocycles. The molecule has 0 bridgehead atoms. The van der Waals surface area contributed by atoms with Crippen molar-refractivity contribution in [3.05, 3.63) is 42.1 Å². The fraction of sp³-hybridized carbons (Fsp3) is 0.500. The number of benzene rings is 1. The zero-order valence-electron chi connectivity index (χ0n) is 18.7. The molecule has 3 aromatic rings. The number of aromatic nitrogens is 4. The molecular weight excluding hydrogens is 428 g/mol. The van der Waals surface area contributed by atoms with E-state index in [1.54, 1.807) is 10.8 Å². The summed E-state index contributed by atoms with van der Waals surface area (Å²) < 4.78 is 29.2. The molecule has 10 heteroatoms. The number of piperidine rings is 1. The van der Waals surface area contributed by atoms with Gasteiger partial charge in [-0.15, -0.1) is 0 Å². The summed E-state index contributed by atoms with van der Waals surface area (Å²) >= 11 is 0. The molecule has 32 heavy (non-hydrogen) atoms. The van der Waals surface area contributed by atoms with E-state index in [4.69, 9.17) is 0 Å². The molecule has 1 saturated heterocycles. The van der Waals surface area contributed by atoms with Gasteiger partial charge >= 0.3 is 0 Å². The molecule has 1 aliphatic rings. The van der Waals surface area contributed by atoms with Crippen LogP contribution in [-0.2, 0) is 21.2 Å². The second-order valence-electron chi connectivity index (χ2n) is 8.70. The lowest BCUT2D eigenvalue weighted by Crippen LogP contribution is -2.45. The molecule has 0 radical (unpaired) electrons. The number of nitrogens with one attached hydrogen (secondary N) is 2. The number of hydrogen-bond donors (Lipinski definition) is 2. The number of imidazole rings is 2. The first-order chi connectivity index (χ1) is 15.2. The Morgan fingerprint density at radius 1 is 1.34 bits per heavy atom. The largest absolute Gasteiger partial charge is 0.355 e. The van der Waals surface area contributed by atoms with Gasteiger partial charge in [-0.2, -0.15) is 4.31 Å². The van der Waals surface area contributed by atoms with Gasteiger partial charge in [-0.25, -0.2) is 18.4 Å². The van der Waals surface area contributed by atoms with E-state index in [0.29, 0.717) is 32.4 Å². The number of carbonyl (C=O) groups excluding carboxylic acids is 1. The van der Waals surface area contributed by atoms with E-state index in [1.165, 1.54) is 10.6 Å². The van der Waals surface area contributed by atoms with Crippen molar-refractivity contribution in [2.45, 2.75) is 51.1 Å². The van der Waals surface area contributed by atoms with Gasteiger partial charge in [0.05, 0.1) is 23.3 Å². The smallest absolute Gasteiger partial charge is 0.262 e. The second-order valence-corrected chi connectivity index (χ2v) is 10.6. The molecule has 1 atom stereocenters. The Bertz CT molecular complexity index is 1210. The molecule has 1 fully saturated rings. The van der Waals surface area contributed by atoms with Gasteiger partial charge < -0.3 is 14.9 Å². The van der Waals surface area contributed by atoms with E-state index in [2.05, 4.69) is 20.3 Å². The van der Waals surface area contributed by atoms with Crippen LogP contribution in [-0.4, -0.2) is 57.8 Å². The molecule has 0 aliphatic carbocycles. The predicted octanol–water partition coefficient (Wildman–Crippen LogP) is 2.41. The molecule has 4 rings (SSSR count). The third-order valence-corrected chi connectivity index (χ3v) is 7.63. The fourth-order valence-corrected chi connectivity index (χ4v) is 5.43. The van der Waals surface area contributed by atoms with Crippen molar-refractivity contribution in [3.8, 4) is 0 Å². The molecule has 172 valence electrons. The van der Waals surface area contributed by atoms with Crippen LogP contribution >= 0.6 is 0 Å². The normalized spacial score (nSPS) is 17.8. The van der Waals surface area contributed by atoms with Crippen LogP contribution in [0.5, 0.6) is 0 Å². The maximum atomic E-state index is 13.0. The Labute approximate surface area is 188 Å². The Hall–Kier alpha value is -2.72. The molecule has 0 saturated carbocycles. The Balaban J connectivity index is 1.34. The lowest BCUT2D eigenvalue weighted by atomic mass is 9.99. The Morgan fingerprint density at radius 3 is 2.91 bits per heavy atom. The van der Waals surface area contributed by atoms with Crippen molar-refractivity contribution < 1.29 is 13.2 Å².